The topological polar surface area (TPSA) is 0 Å². The molecule has 0 heteroatoms. The molecule has 0 aromatic heterocycles. The van der Waals surface area contributed by atoms with E-state index < -0.39 is 0 Å². The van der Waals surface area contributed by atoms with Crippen LogP contribution in [0.4, 0.5) is 0 Å². The second-order valence-corrected chi connectivity index (χ2v) is 5.02. The summed E-state index contributed by atoms with van der Waals surface area (Å²) in [6, 6.07) is 15.3. The monoisotopic (exact) mass is 300 g/mol. The van der Waals surface area contributed by atoms with Gasteiger partial charge >= 0.3 is 0 Å². The van der Waals surface area contributed by atoms with Gasteiger partial charge in [0.25, 0.3) is 0 Å². The Hall–Kier alpha value is -1.56. The van der Waals surface area contributed by atoms with Crippen LogP contribution in [0.2, 0.25) is 0 Å². The van der Waals surface area contributed by atoms with Crippen LogP contribution in [0.1, 0.15) is 65.2 Å². The van der Waals surface area contributed by atoms with Crippen molar-refractivity contribution in [1.82, 2.24) is 0 Å². The van der Waals surface area contributed by atoms with Gasteiger partial charge < -0.3 is 0 Å². The Bertz CT molecular complexity index is 509. The quantitative estimate of drug-likeness (QED) is 0.535. The number of rotatable bonds is 2. The van der Waals surface area contributed by atoms with Gasteiger partial charge in [-0.2, -0.15) is 0 Å². The molecule has 0 aliphatic rings. The minimum absolute atomic E-state index is 0. The molecule has 0 aliphatic carbocycles. The fourth-order valence-corrected chi connectivity index (χ4v) is 2.05. The Balaban J connectivity index is 0. The smallest absolute Gasteiger partial charge is 0.0149 e. The maximum atomic E-state index is 2.32. The van der Waals surface area contributed by atoms with Crippen LogP contribution in [0.5, 0.6) is 0 Å². The first-order valence-corrected chi connectivity index (χ1v) is 8.29. The molecular weight excluding hydrogens is 264 g/mol. The van der Waals surface area contributed by atoms with Crippen LogP contribution >= 0.6 is 0 Å². The zero-order valence-corrected chi connectivity index (χ0v) is 15.0. The summed E-state index contributed by atoms with van der Waals surface area (Å²) in [5.74, 6) is 0. The molecule has 0 saturated carbocycles. The molecule has 124 valence electrons. The van der Waals surface area contributed by atoms with E-state index in [1.807, 2.05) is 13.8 Å². The standard InChI is InChI=1S/C16H18.C3H8.C2H6.CH4/c1-4-14-10-9-13(3)16(11-14)15-8-6-5-7-12(15)2;1-3-2;1-2;/h5-11H,4H2,1-3H3;3H2,1-2H3;1-2H3;1H4. The molecule has 0 fully saturated rings. The van der Waals surface area contributed by atoms with Gasteiger partial charge in [0, 0.05) is 0 Å². The highest BCUT2D eigenvalue weighted by molar-refractivity contribution is 5.70. The van der Waals surface area contributed by atoms with Gasteiger partial charge in [0.1, 0.15) is 0 Å². The maximum absolute atomic E-state index is 2.32. The molecule has 2 aromatic rings. The van der Waals surface area contributed by atoms with Gasteiger partial charge in [-0.15, -0.1) is 0 Å². The lowest BCUT2D eigenvalue weighted by Crippen LogP contribution is -1.89. The van der Waals surface area contributed by atoms with Crippen LogP contribution in [-0.2, 0) is 6.42 Å². The Morgan fingerprint density at radius 1 is 0.727 bits per heavy atom. The lowest BCUT2D eigenvalue weighted by molar-refractivity contribution is 1.09. The zero-order valence-electron chi connectivity index (χ0n) is 15.0. The maximum Gasteiger partial charge on any atom is -0.0149 e. The predicted octanol–water partition coefficient (Wildman–Crippen LogP) is 7.61. The molecule has 2 aromatic carbocycles. The Morgan fingerprint density at radius 2 is 1.23 bits per heavy atom. The Labute approximate surface area is 139 Å². The minimum atomic E-state index is 0. The van der Waals surface area contributed by atoms with Crippen molar-refractivity contribution in [3.63, 3.8) is 0 Å². The van der Waals surface area contributed by atoms with Gasteiger partial charge in [0.2, 0.25) is 0 Å². The Kier molecular flexibility index (Phi) is 13.6. The van der Waals surface area contributed by atoms with Crippen molar-refractivity contribution < 1.29 is 0 Å². The van der Waals surface area contributed by atoms with E-state index in [-0.39, 0.29) is 7.43 Å². The van der Waals surface area contributed by atoms with Crippen LogP contribution in [0, 0.1) is 13.8 Å². The third-order valence-corrected chi connectivity index (χ3v) is 3.15. The summed E-state index contributed by atoms with van der Waals surface area (Å²) < 4.78 is 0. The molecule has 0 aliphatic heterocycles. The van der Waals surface area contributed by atoms with Crippen LogP contribution in [0.25, 0.3) is 11.1 Å². The summed E-state index contributed by atoms with van der Waals surface area (Å²) in [7, 11) is 0. The fourth-order valence-electron chi connectivity index (χ4n) is 2.05. The summed E-state index contributed by atoms with van der Waals surface area (Å²) in [5.41, 5.74) is 6.84. The van der Waals surface area contributed by atoms with E-state index in [1.165, 1.54) is 34.2 Å². The number of hydrogen-bond acceptors (Lipinski definition) is 0. The van der Waals surface area contributed by atoms with Gasteiger partial charge in [-0.25, -0.2) is 0 Å². The lowest BCUT2D eigenvalue weighted by atomic mass is 9.94. The third-order valence-electron chi connectivity index (χ3n) is 3.15. The van der Waals surface area contributed by atoms with Crippen molar-refractivity contribution in [3.05, 3.63) is 59.2 Å². The van der Waals surface area contributed by atoms with Crippen LogP contribution in [0.15, 0.2) is 42.5 Å². The van der Waals surface area contributed by atoms with Crippen molar-refractivity contribution in [3.8, 4) is 11.1 Å². The average molecular weight is 301 g/mol. The van der Waals surface area contributed by atoms with E-state index in [9.17, 15) is 0 Å². The molecule has 0 N–H and O–H groups in total. The van der Waals surface area contributed by atoms with Gasteiger partial charge in [-0.05, 0) is 48.1 Å². The molecule has 0 atom stereocenters. The van der Waals surface area contributed by atoms with Crippen molar-refractivity contribution in [2.45, 2.75) is 68.7 Å². The van der Waals surface area contributed by atoms with Gasteiger partial charge in [0.05, 0.1) is 0 Å². The molecule has 0 bridgehead atoms. The van der Waals surface area contributed by atoms with Gasteiger partial charge in [-0.1, -0.05) is 90.9 Å². The normalized spacial score (nSPS) is 8.68. The molecule has 0 radical (unpaired) electrons. The first-order chi connectivity index (χ1) is 10.1. The molecule has 0 unspecified atom stereocenters. The second kappa shape index (κ2) is 13.1. The Morgan fingerprint density at radius 3 is 1.73 bits per heavy atom. The first kappa shape index (κ1) is 22.7. The average Bonchev–Trinajstić information content (AvgIpc) is 2.51. The minimum Gasteiger partial charge on any atom is -0.0776 e. The summed E-state index contributed by atoms with van der Waals surface area (Å²) in [4.78, 5) is 0. The molecule has 0 saturated heterocycles. The first-order valence-electron chi connectivity index (χ1n) is 8.29. The van der Waals surface area contributed by atoms with E-state index in [2.05, 4.69) is 77.1 Å². The van der Waals surface area contributed by atoms with E-state index in [0.29, 0.717) is 0 Å². The molecule has 0 amide bonds. The van der Waals surface area contributed by atoms with E-state index in [0.717, 1.165) is 6.42 Å². The van der Waals surface area contributed by atoms with Crippen LogP contribution in [0.3, 0.4) is 0 Å². The highest BCUT2D eigenvalue weighted by Gasteiger charge is 2.04. The third kappa shape index (κ3) is 6.93. The highest BCUT2D eigenvalue weighted by Crippen LogP contribution is 2.27. The lowest BCUT2D eigenvalue weighted by Gasteiger charge is -2.10. The fraction of sp³-hybridized carbons (Fsp3) is 0.455. The van der Waals surface area contributed by atoms with Gasteiger partial charge in [-0.3, -0.25) is 0 Å². The molecular formula is C22H36. The van der Waals surface area contributed by atoms with Crippen LogP contribution in [-0.4, -0.2) is 0 Å². The molecule has 0 spiro atoms. The summed E-state index contributed by atoms with van der Waals surface area (Å²) in [6.07, 6.45) is 2.35. The van der Waals surface area contributed by atoms with E-state index in [1.54, 1.807) is 0 Å². The van der Waals surface area contributed by atoms with Crippen molar-refractivity contribution in [2.24, 2.45) is 0 Å². The molecule has 0 nitrogen and oxygen atoms in total. The van der Waals surface area contributed by atoms with Gasteiger partial charge in [0.15, 0.2) is 0 Å². The number of hydrogen-bond donors (Lipinski definition) is 0. The number of benzene rings is 2. The molecule has 0 heterocycles. The molecule has 22 heavy (non-hydrogen) atoms. The summed E-state index contributed by atoms with van der Waals surface area (Å²) in [6.45, 7) is 14.8. The van der Waals surface area contributed by atoms with Crippen LogP contribution < -0.4 is 0 Å². The van der Waals surface area contributed by atoms with Crippen molar-refractivity contribution in [2.75, 3.05) is 0 Å². The second-order valence-electron chi connectivity index (χ2n) is 5.02. The summed E-state index contributed by atoms with van der Waals surface area (Å²) in [5, 5.41) is 0. The van der Waals surface area contributed by atoms with Crippen molar-refractivity contribution in [1.29, 1.82) is 0 Å². The largest absolute Gasteiger partial charge is 0.0776 e. The predicted molar refractivity (Wildman–Crippen MR) is 105 cm³/mol. The zero-order chi connectivity index (χ0) is 16.3. The summed E-state index contributed by atoms with van der Waals surface area (Å²) >= 11 is 0. The molecule has 2 rings (SSSR count). The highest BCUT2D eigenvalue weighted by atomic mass is 14.1. The van der Waals surface area contributed by atoms with Crippen molar-refractivity contribution >= 4 is 0 Å². The number of aryl methyl sites for hydroxylation is 3. The SMILES string of the molecule is C.CC.CCC.CCc1ccc(C)c(-c2ccccc2C)c1. The van der Waals surface area contributed by atoms with E-state index in [4.69, 9.17) is 0 Å². The van der Waals surface area contributed by atoms with E-state index >= 15 is 0 Å².